The minimum Gasteiger partial charge on any atom is -0.395 e. The first-order valence-corrected chi connectivity index (χ1v) is 6.65. The average Bonchev–Trinajstić information content (AvgIpc) is 2.97. The Morgan fingerprint density at radius 3 is 3.06 bits per heavy atom. The molecule has 0 atom stereocenters. The lowest BCUT2D eigenvalue weighted by atomic mass is 10.3. The molecule has 0 aliphatic carbocycles. The Labute approximate surface area is 109 Å². The van der Waals surface area contributed by atoms with Crippen LogP contribution in [-0.2, 0) is 6.54 Å². The van der Waals surface area contributed by atoms with Crippen molar-refractivity contribution in [3.05, 3.63) is 35.3 Å². The fourth-order valence-electron chi connectivity index (χ4n) is 2.02. The summed E-state index contributed by atoms with van der Waals surface area (Å²) in [6.45, 7) is 2.60. The zero-order chi connectivity index (χ0) is 12.5. The topological polar surface area (TPSA) is 50.9 Å². The summed E-state index contributed by atoms with van der Waals surface area (Å²) in [4.78, 5) is 10.2. The summed E-state index contributed by atoms with van der Waals surface area (Å²) >= 11 is 1.64. The molecule has 0 aliphatic heterocycles. The van der Waals surface area contributed by atoms with Gasteiger partial charge in [0.05, 0.1) is 11.5 Å². The van der Waals surface area contributed by atoms with Crippen LogP contribution in [0.2, 0.25) is 0 Å². The zero-order valence-corrected chi connectivity index (χ0v) is 10.8. The fraction of sp³-hybridized carbons (Fsp3) is 0.231. The van der Waals surface area contributed by atoms with E-state index in [9.17, 15) is 5.11 Å². The van der Waals surface area contributed by atoms with E-state index >= 15 is 0 Å². The van der Waals surface area contributed by atoms with Crippen molar-refractivity contribution in [2.24, 2.45) is 0 Å². The van der Waals surface area contributed by atoms with E-state index in [1.807, 2.05) is 41.3 Å². The molecular formula is C13H13N3OS. The van der Waals surface area contributed by atoms with Gasteiger partial charge in [-0.3, -0.25) is 0 Å². The highest BCUT2D eigenvalue weighted by Gasteiger charge is 2.13. The third kappa shape index (κ3) is 1.81. The largest absolute Gasteiger partial charge is 0.395 e. The molecule has 3 aromatic heterocycles. The molecule has 0 unspecified atom stereocenters. The van der Waals surface area contributed by atoms with Gasteiger partial charge in [0, 0.05) is 12.7 Å². The van der Waals surface area contributed by atoms with Crippen LogP contribution in [0.15, 0.2) is 29.8 Å². The van der Waals surface area contributed by atoms with Crippen LogP contribution in [0.5, 0.6) is 0 Å². The lowest BCUT2D eigenvalue weighted by Gasteiger charge is -2.04. The van der Waals surface area contributed by atoms with Gasteiger partial charge in [-0.25, -0.2) is 9.97 Å². The maximum absolute atomic E-state index is 9.20. The first-order chi connectivity index (χ1) is 8.79. The van der Waals surface area contributed by atoms with Gasteiger partial charge in [-0.15, -0.1) is 11.3 Å². The predicted molar refractivity (Wildman–Crippen MR) is 72.7 cm³/mol. The molecule has 0 aliphatic rings. The van der Waals surface area contributed by atoms with E-state index in [-0.39, 0.29) is 6.61 Å². The Balaban J connectivity index is 2.26. The van der Waals surface area contributed by atoms with E-state index in [2.05, 4.69) is 9.97 Å². The quantitative estimate of drug-likeness (QED) is 0.786. The number of thiophene rings is 1. The number of imidazole rings is 1. The Kier molecular flexibility index (Phi) is 2.85. The van der Waals surface area contributed by atoms with Crippen molar-refractivity contribution in [1.29, 1.82) is 0 Å². The van der Waals surface area contributed by atoms with Gasteiger partial charge < -0.3 is 9.67 Å². The SMILES string of the molecule is Cc1cnc2c(c1)nc(-c1cccs1)n2CCO. The summed E-state index contributed by atoms with van der Waals surface area (Å²) < 4.78 is 1.97. The van der Waals surface area contributed by atoms with Gasteiger partial charge in [-0.05, 0) is 30.0 Å². The number of aryl methyl sites for hydroxylation is 1. The van der Waals surface area contributed by atoms with E-state index in [1.54, 1.807) is 11.3 Å². The molecule has 0 amide bonds. The first kappa shape index (κ1) is 11.4. The van der Waals surface area contributed by atoms with Crippen LogP contribution in [-0.4, -0.2) is 26.2 Å². The van der Waals surface area contributed by atoms with Crippen molar-refractivity contribution in [2.45, 2.75) is 13.5 Å². The minimum atomic E-state index is 0.0827. The highest BCUT2D eigenvalue weighted by atomic mass is 32.1. The summed E-state index contributed by atoms with van der Waals surface area (Å²) in [7, 11) is 0. The van der Waals surface area contributed by atoms with Crippen LogP contribution in [0, 0.1) is 6.92 Å². The normalized spacial score (nSPS) is 11.2. The second-order valence-corrected chi connectivity index (χ2v) is 5.09. The number of aliphatic hydroxyl groups is 1. The van der Waals surface area contributed by atoms with Gasteiger partial charge in [0.1, 0.15) is 5.52 Å². The molecule has 18 heavy (non-hydrogen) atoms. The third-order valence-corrected chi connectivity index (χ3v) is 3.65. The molecule has 1 N–H and O–H groups in total. The second-order valence-electron chi connectivity index (χ2n) is 4.14. The summed E-state index contributed by atoms with van der Waals surface area (Å²) in [5, 5.41) is 11.2. The molecule has 92 valence electrons. The molecule has 3 rings (SSSR count). The number of pyridine rings is 1. The van der Waals surface area contributed by atoms with Gasteiger partial charge in [-0.1, -0.05) is 6.07 Å². The second kappa shape index (κ2) is 4.51. The average molecular weight is 259 g/mol. The summed E-state index contributed by atoms with van der Waals surface area (Å²) in [5.41, 5.74) is 2.80. The minimum absolute atomic E-state index is 0.0827. The van der Waals surface area contributed by atoms with Crippen LogP contribution in [0.4, 0.5) is 0 Å². The number of nitrogens with zero attached hydrogens (tertiary/aromatic N) is 3. The molecule has 4 nitrogen and oxygen atoms in total. The van der Waals surface area contributed by atoms with Crippen LogP contribution in [0.1, 0.15) is 5.56 Å². The van der Waals surface area contributed by atoms with E-state index < -0.39 is 0 Å². The Bertz CT molecular complexity index is 673. The lowest BCUT2D eigenvalue weighted by Crippen LogP contribution is -2.04. The molecule has 0 radical (unpaired) electrons. The van der Waals surface area contributed by atoms with Gasteiger partial charge in [0.25, 0.3) is 0 Å². The number of fused-ring (bicyclic) bond motifs is 1. The zero-order valence-electron chi connectivity index (χ0n) is 10.00. The van der Waals surface area contributed by atoms with Crippen molar-refractivity contribution in [3.63, 3.8) is 0 Å². The maximum atomic E-state index is 9.20. The third-order valence-electron chi connectivity index (χ3n) is 2.79. The van der Waals surface area contributed by atoms with E-state index in [0.717, 1.165) is 27.4 Å². The highest BCUT2D eigenvalue weighted by Crippen LogP contribution is 2.27. The molecule has 3 heterocycles. The van der Waals surface area contributed by atoms with E-state index in [1.165, 1.54) is 0 Å². The van der Waals surface area contributed by atoms with Gasteiger partial charge in [0.15, 0.2) is 11.5 Å². The predicted octanol–water partition coefficient (Wildman–Crippen LogP) is 2.46. The molecule has 0 saturated heterocycles. The summed E-state index contributed by atoms with van der Waals surface area (Å²) in [6.07, 6.45) is 1.83. The Morgan fingerprint density at radius 2 is 2.33 bits per heavy atom. The van der Waals surface area contributed by atoms with Crippen LogP contribution in [0.3, 0.4) is 0 Å². The van der Waals surface area contributed by atoms with Gasteiger partial charge in [-0.2, -0.15) is 0 Å². The molecule has 3 aromatic rings. The maximum Gasteiger partial charge on any atom is 0.160 e. The van der Waals surface area contributed by atoms with E-state index in [4.69, 9.17) is 0 Å². The Hall–Kier alpha value is -1.72. The smallest absolute Gasteiger partial charge is 0.160 e. The van der Waals surface area contributed by atoms with Crippen LogP contribution in [0.25, 0.3) is 21.9 Å². The van der Waals surface area contributed by atoms with Gasteiger partial charge in [0.2, 0.25) is 0 Å². The molecule has 0 spiro atoms. The summed E-state index contributed by atoms with van der Waals surface area (Å²) in [6, 6.07) is 6.06. The fourth-order valence-corrected chi connectivity index (χ4v) is 2.74. The van der Waals surface area contributed by atoms with Crippen molar-refractivity contribution >= 4 is 22.5 Å². The van der Waals surface area contributed by atoms with Crippen molar-refractivity contribution in [3.8, 4) is 10.7 Å². The molecule has 0 fully saturated rings. The standard InChI is InChI=1S/C13H13N3OS/c1-9-7-10-12(14-8-9)16(4-5-17)13(15-10)11-3-2-6-18-11/h2-3,6-8,17H,4-5H2,1H3. The summed E-state index contributed by atoms with van der Waals surface area (Å²) in [5.74, 6) is 0.882. The van der Waals surface area contributed by atoms with Crippen molar-refractivity contribution < 1.29 is 5.11 Å². The number of aromatic nitrogens is 3. The van der Waals surface area contributed by atoms with Crippen molar-refractivity contribution in [1.82, 2.24) is 14.5 Å². The molecule has 0 bridgehead atoms. The van der Waals surface area contributed by atoms with Crippen molar-refractivity contribution in [2.75, 3.05) is 6.61 Å². The van der Waals surface area contributed by atoms with E-state index in [0.29, 0.717) is 6.54 Å². The van der Waals surface area contributed by atoms with Crippen LogP contribution < -0.4 is 0 Å². The molecule has 0 saturated carbocycles. The molecule has 0 aromatic carbocycles. The van der Waals surface area contributed by atoms with Crippen LogP contribution >= 0.6 is 11.3 Å². The lowest BCUT2D eigenvalue weighted by molar-refractivity contribution is 0.278. The number of aliphatic hydroxyl groups excluding tert-OH is 1. The number of rotatable bonds is 3. The number of hydrogen-bond acceptors (Lipinski definition) is 4. The van der Waals surface area contributed by atoms with Gasteiger partial charge >= 0.3 is 0 Å². The highest BCUT2D eigenvalue weighted by molar-refractivity contribution is 7.13. The molecule has 5 heteroatoms. The monoisotopic (exact) mass is 259 g/mol. The number of hydrogen-bond donors (Lipinski definition) is 1. The molecular weight excluding hydrogens is 246 g/mol. The first-order valence-electron chi connectivity index (χ1n) is 5.77. The Morgan fingerprint density at radius 1 is 1.44 bits per heavy atom.